The van der Waals surface area contributed by atoms with E-state index in [1.165, 1.54) is 19.3 Å². The minimum atomic E-state index is 0.0431. The molecule has 0 aliphatic heterocycles. The average Bonchev–Trinajstić information content (AvgIpc) is 2.56. The Balaban J connectivity index is 3.08. The van der Waals surface area contributed by atoms with Gasteiger partial charge in [0, 0.05) is 11.5 Å². The Morgan fingerprint density at radius 2 is 1.83 bits per heavy atom. The molecule has 104 valence electrons. The van der Waals surface area contributed by atoms with Crippen molar-refractivity contribution in [3.63, 3.8) is 0 Å². The minimum absolute atomic E-state index is 0.0431. The molecule has 0 aliphatic rings. The molecule has 0 atom stereocenters. The first-order valence-electron chi connectivity index (χ1n) is 7.16. The minimum Gasteiger partial charge on any atom is -0.384 e. The Kier molecular flexibility index (Phi) is 4.83. The fourth-order valence-electron chi connectivity index (χ4n) is 2.27. The summed E-state index contributed by atoms with van der Waals surface area (Å²) >= 11 is 0. The highest BCUT2D eigenvalue weighted by atomic mass is 15.2. The van der Waals surface area contributed by atoms with Gasteiger partial charge in [0.2, 0.25) is 0 Å². The largest absolute Gasteiger partial charge is 0.384 e. The van der Waals surface area contributed by atoms with Crippen LogP contribution >= 0.6 is 0 Å². The summed E-state index contributed by atoms with van der Waals surface area (Å²) in [7, 11) is 0. The first kappa shape index (κ1) is 15.1. The van der Waals surface area contributed by atoms with Gasteiger partial charge in [0.15, 0.2) is 0 Å². The lowest BCUT2D eigenvalue weighted by Gasteiger charge is -2.22. The molecule has 0 bridgehead atoms. The van der Waals surface area contributed by atoms with E-state index < -0.39 is 0 Å². The number of aryl methyl sites for hydroxylation is 1. The van der Waals surface area contributed by atoms with Crippen molar-refractivity contribution in [2.45, 2.75) is 78.7 Å². The summed E-state index contributed by atoms with van der Waals surface area (Å²) in [5.41, 5.74) is 7.41. The zero-order chi connectivity index (χ0) is 13.9. The second-order valence-corrected chi connectivity index (χ2v) is 6.44. The fraction of sp³-hybridized carbons (Fsp3) is 0.800. The third kappa shape index (κ3) is 3.27. The fourth-order valence-corrected chi connectivity index (χ4v) is 2.27. The number of nitrogens with zero attached hydrogens (tertiary/aromatic N) is 2. The van der Waals surface area contributed by atoms with Crippen molar-refractivity contribution in [2.24, 2.45) is 0 Å². The summed E-state index contributed by atoms with van der Waals surface area (Å²) in [6, 6.07) is 0.367. The summed E-state index contributed by atoms with van der Waals surface area (Å²) < 4.78 is 2.20. The molecular formula is C15H29N3. The van der Waals surface area contributed by atoms with E-state index in [1.807, 2.05) is 0 Å². The Morgan fingerprint density at radius 1 is 1.22 bits per heavy atom. The summed E-state index contributed by atoms with van der Waals surface area (Å²) in [5.74, 6) is 1.98. The molecule has 3 heteroatoms. The zero-order valence-electron chi connectivity index (χ0n) is 12.9. The monoisotopic (exact) mass is 251 g/mol. The molecule has 0 saturated carbocycles. The third-order valence-electron chi connectivity index (χ3n) is 3.23. The van der Waals surface area contributed by atoms with Gasteiger partial charge in [-0.25, -0.2) is 4.98 Å². The molecule has 0 aliphatic carbocycles. The molecule has 0 unspecified atom stereocenters. The van der Waals surface area contributed by atoms with Crippen molar-refractivity contribution >= 4 is 5.82 Å². The second kappa shape index (κ2) is 5.77. The molecule has 1 aromatic heterocycles. The van der Waals surface area contributed by atoms with Crippen molar-refractivity contribution < 1.29 is 0 Å². The smallest absolute Gasteiger partial charge is 0.127 e. The molecule has 18 heavy (non-hydrogen) atoms. The van der Waals surface area contributed by atoms with Crippen LogP contribution in [0.1, 0.15) is 78.4 Å². The van der Waals surface area contributed by atoms with Crippen molar-refractivity contribution in [2.75, 3.05) is 5.73 Å². The predicted molar refractivity (Wildman–Crippen MR) is 79.0 cm³/mol. The molecule has 0 fully saturated rings. The number of nitrogens with two attached hydrogens (primary N) is 1. The maximum atomic E-state index is 6.28. The molecule has 3 nitrogen and oxygen atoms in total. The number of hydrogen-bond donors (Lipinski definition) is 1. The van der Waals surface area contributed by atoms with Crippen LogP contribution in [0.15, 0.2) is 0 Å². The maximum absolute atomic E-state index is 6.28. The molecule has 0 amide bonds. The van der Waals surface area contributed by atoms with Crippen molar-refractivity contribution in [3.8, 4) is 0 Å². The van der Waals surface area contributed by atoms with Crippen LogP contribution in [0.2, 0.25) is 0 Å². The second-order valence-electron chi connectivity index (χ2n) is 6.44. The molecule has 0 radical (unpaired) electrons. The Hall–Kier alpha value is -0.990. The van der Waals surface area contributed by atoms with Gasteiger partial charge < -0.3 is 10.3 Å². The van der Waals surface area contributed by atoms with Gasteiger partial charge in [-0.3, -0.25) is 0 Å². The topological polar surface area (TPSA) is 43.8 Å². The molecule has 0 spiro atoms. The Bertz CT molecular complexity index is 383. The highest BCUT2D eigenvalue weighted by Crippen LogP contribution is 2.29. The van der Waals surface area contributed by atoms with E-state index in [2.05, 4.69) is 46.1 Å². The van der Waals surface area contributed by atoms with Crippen molar-refractivity contribution in [1.82, 2.24) is 9.55 Å². The van der Waals surface area contributed by atoms with Gasteiger partial charge in [-0.15, -0.1) is 0 Å². The van der Waals surface area contributed by atoms with Crippen LogP contribution in [0.3, 0.4) is 0 Å². The van der Waals surface area contributed by atoms with Crippen LogP contribution in [0, 0.1) is 0 Å². The Morgan fingerprint density at radius 3 is 2.22 bits per heavy atom. The zero-order valence-corrected chi connectivity index (χ0v) is 12.9. The van der Waals surface area contributed by atoms with Crippen LogP contribution in [0.5, 0.6) is 0 Å². The third-order valence-corrected chi connectivity index (χ3v) is 3.23. The van der Waals surface area contributed by atoms with Gasteiger partial charge in [0.1, 0.15) is 11.6 Å². The molecular weight excluding hydrogens is 222 g/mol. The van der Waals surface area contributed by atoms with E-state index in [1.54, 1.807) is 0 Å². The van der Waals surface area contributed by atoms with Crippen LogP contribution < -0.4 is 5.73 Å². The van der Waals surface area contributed by atoms with Gasteiger partial charge in [-0.05, 0) is 26.7 Å². The van der Waals surface area contributed by atoms with Gasteiger partial charge in [-0.2, -0.15) is 0 Å². The van der Waals surface area contributed by atoms with Gasteiger partial charge in [0.25, 0.3) is 0 Å². The first-order valence-corrected chi connectivity index (χ1v) is 7.16. The number of nitrogen functional groups attached to an aromatic ring is 1. The predicted octanol–water partition coefficient (Wildman–Crippen LogP) is 4.08. The van der Waals surface area contributed by atoms with E-state index in [0.29, 0.717) is 6.04 Å². The number of imidazole rings is 1. The maximum Gasteiger partial charge on any atom is 0.127 e. The summed E-state index contributed by atoms with van der Waals surface area (Å²) in [4.78, 5) is 4.81. The number of unbranched alkanes of at least 4 members (excludes halogenated alkanes) is 2. The molecule has 1 rings (SSSR count). The lowest BCUT2D eigenvalue weighted by Crippen LogP contribution is -2.21. The van der Waals surface area contributed by atoms with E-state index in [9.17, 15) is 0 Å². The van der Waals surface area contributed by atoms with Crippen LogP contribution in [0.4, 0.5) is 5.82 Å². The summed E-state index contributed by atoms with van der Waals surface area (Å²) in [6.45, 7) is 13.2. The van der Waals surface area contributed by atoms with E-state index >= 15 is 0 Å². The van der Waals surface area contributed by atoms with E-state index in [0.717, 1.165) is 23.8 Å². The van der Waals surface area contributed by atoms with E-state index in [4.69, 9.17) is 10.7 Å². The van der Waals surface area contributed by atoms with Crippen LogP contribution in [-0.4, -0.2) is 9.55 Å². The molecule has 0 aromatic carbocycles. The Labute approximate surface area is 112 Å². The standard InChI is InChI=1S/C15H29N3/c1-7-8-9-10-12-13(16)18(11(2)3)14(17-12)15(4,5)6/h11H,7-10,16H2,1-6H3. The number of aromatic nitrogens is 2. The lowest BCUT2D eigenvalue weighted by molar-refractivity contribution is 0.472. The first-order chi connectivity index (χ1) is 8.29. The number of rotatable bonds is 5. The molecule has 1 heterocycles. The number of hydrogen-bond acceptors (Lipinski definition) is 2. The number of anilines is 1. The van der Waals surface area contributed by atoms with Gasteiger partial charge >= 0.3 is 0 Å². The summed E-state index contributed by atoms with van der Waals surface area (Å²) in [6.07, 6.45) is 4.66. The lowest BCUT2D eigenvalue weighted by atomic mass is 9.95. The van der Waals surface area contributed by atoms with Crippen LogP contribution in [-0.2, 0) is 11.8 Å². The quantitative estimate of drug-likeness (QED) is 0.801. The highest BCUT2D eigenvalue weighted by molar-refractivity contribution is 5.40. The van der Waals surface area contributed by atoms with Crippen LogP contribution in [0.25, 0.3) is 0 Å². The van der Waals surface area contributed by atoms with Crippen molar-refractivity contribution in [1.29, 1.82) is 0 Å². The highest BCUT2D eigenvalue weighted by Gasteiger charge is 2.25. The average molecular weight is 251 g/mol. The molecule has 2 N–H and O–H groups in total. The van der Waals surface area contributed by atoms with Gasteiger partial charge in [-0.1, -0.05) is 40.5 Å². The van der Waals surface area contributed by atoms with Crippen molar-refractivity contribution in [3.05, 3.63) is 11.5 Å². The normalized spacial score (nSPS) is 12.4. The molecule has 1 aromatic rings. The molecule has 0 saturated heterocycles. The summed E-state index contributed by atoms with van der Waals surface area (Å²) in [5, 5.41) is 0. The SMILES string of the molecule is CCCCCc1nc(C(C)(C)C)n(C(C)C)c1N. The van der Waals surface area contributed by atoms with E-state index in [-0.39, 0.29) is 5.41 Å². The van der Waals surface area contributed by atoms with Gasteiger partial charge in [0.05, 0.1) is 5.69 Å².